The van der Waals surface area contributed by atoms with Crippen molar-refractivity contribution in [3.63, 3.8) is 0 Å². The molecule has 3 heteroatoms. The SMILES string of the molecule is CCc1ccc(CC(O)Cc2cc(F)cc(F)c2)cc1. The Morgan fingerprint density at radius 3 is 1.90 bits per heavy atom. The first-order valence-corrected chi connectivity index (χ1v) is 6.77. The van der Waals surface area contributed by atoms with Crippen LogP contribution in [0.1, 0.15) is 23.6 Å². The second-order valence-electron chi connectivity index (χ2n) is 5.01. The Morgan fingerprint density at radius 1 is 0.850 bits per heavy atom. The molecule has 0 fully saturated rings. The molecule has 1 N–H and O–H groups in total. The molecule has 20 heavy (non-hydrogen) atoms. The summed E-state index contributed by atoms with van der Waals surface area (Å²) in [4.78, 5) is 0. The Labute approximate surface area is 117 Å². The molecule has 0 heterocycles. The van der Waals surface area contributed by atoms with Crippen molar-refractivity contribution in [3.8, 4) is 0 Å². The summed E-state index contributed by atoms with van der Waals surface area (Å²) in [5.41, 5.74) is 2.74. The second kappa shape index (κ2) is 6.62. The van der Waals surface area contributed by atoms with E-state index in [0.717, 1.165) is 18.1 Å². The van der Waals surface area contributed by atoms with Crippen LogP contribution in [0.3, 0.4) is 0 Å². The van der Waals surface area contributed by atoms with Crippen LogP contribution in [0, 0.1) is 11.6 Å². The van der Waals surface area contributed by atoms with E-state index in [1.807, 2.05) is 24.3 Å². The summed E-state index contributed by atoms with van der Waals surface area (Å²) in [5.74, 6) is -1.22. The van der Waals surface area contributed by atoms with E-state index in [4.69, 9.17) is 0 Å². The number of hydrogen-bond donors (Lipinski definition) is 1. The van der Waals surface area contributed by atoms with Crippen molar-refractivity contribution in [1.82, 2.24) is 0 Å². The first-order valence-electron chi connectivity index (χ1n) is 6.77. The van der Waals surface area contributed by atoms with Gasteiger partial charge in [0.05, 0.1) is 6.10 Å². The van der Waals surface area contributed by atoms with Crippen molar-refractivity contribution < 1.29 is 13.9 Å². The monoisotopic (exact) mass is 276 g/mol. The van der Waals surface area contributed by atoms with Crippen LogP contribution >= 0.6 is 0 Å². The van der Waals surface area contributed by atoms with E-state index in [1.54, 1.807) is 0 Å². The van der Waals surface area contributed by atoms with Gasteiger partial charge in [-0.15, -0.1) is 0 Å². The number of aliphatic hydroxyl groups excluding tert-OH is 1. The fourth-order valence-electron chi connectivity index (χ4n) is 2.26. The first kappa shape index (κ1) is 14.7. The fourth-order valence-corrected chi connectivity index (χ4v) is 2.26. The highest BCUT2D eigenvalue weighted by molar-refractivity contribution is 5.24. The van der Waals surface area contributed by atoms with Gasteiger partial charge in [0.25, 0.3) is 0 Å². The number of benzene rings is 2. The molecule has 0 saturated carbocycles. The lowest BCUT2D eigenvalue weighted by molar-refractivity contribution is 0.175. The molecule has 0 aliphatic carbocycles. The van der Waals surface area contributed by atoms with E-state index < -0.39 is 17.7 Å². The topological polar surface area (TPSA) is 20.2 Å². The van der Waals surface area contributed by atoms with Crippen LogP contribution < -0.4 is 0 Å². The van der Waals surface area contributed by atoms with Crippen LogP contribution in [0.4, 0.5) is 8.78 Å². The van der Waals surface area contributed by atoms with Gasteiger partial charge in [0, 0.05) is 6.07 Å². The average molecular weight is 276 g/mol. The zero-order valence-corrected chi connectivity index (χ0v) is 11.4. The van der Waals surface area contributed by atoms with Gasteiger partial charge in [0.2, 0.25) is 0 Å². The van der Waals surface area contributed by atoms with Crippen molar-refractivity contribution in [2.24, 2.45) is 0 Å². The maximum Gasteiger partial charge on any atom is 0.126 e. The van der Waals surface area contributed by atoms with E-state index in [9.17, 15) is 13.9 Å². The van der Waals surface area contributed by atoms with E-state index in [-0.39, 0.29) is 6.42 Å². The third kappa shape index (κ3) is 4.14. The molecule has 0 amide bonds. The predicted octanol–water partition coefficient (Wildman–Crippen LogP) is 3.67. The lowest BCUT2D eigenvalue weighted by atomic mass is 10.00. The van der Waals surface area contributed by atoms with Gasteiger partial charge in [-0.25, -0.2) is 8.78 Å². The van der Waals surface area contributed by atoms with Crippen LogP contribution in [-0.4, -0.2) is 11.2 Å². The van der Waals surface area contributed by atoms with E-state index in [1.165, 1.54) is 17.7 Å². The molecule has 2 rings (SSSR count). The Hall–Kier alpha value is -1.74. The van der Waals surface area contributed by atoms with Gasteiger partial charge in [-0.2, -0.15) is 0 Å². The maximum absolute atomic E-state index is 13.1. The molecule has 0 aliphatic heterocycles. The standard InChI is InChI=1S/C17H18F2O/c1-2-12-3-5-13(6-4-12)9-17(20)10-14-7-15(18)11-16(19)8-14/h3-8,11,17,20H,2,9-10H2,1H3. The molecule has 1 unspecified atom stereocenters. The fraction of sp³-hybridized carbons (Fsp3) is 0.294. The van der Waals surface area contributed by atoms with Gasteiger partial charge in [0.1, 0.15) is 11.6 Å². The zero-order chi connectivity index (χ0) is 14.5. The first-order chi connectivity index (χ1) is 9.56. The van der Waals surface area contributed by atoms with Crippen LogP contribution in [-0.2, 0) is 19.3 Å². The Bertz CT molecular complexity index is 543. The van der Waals surface area contributed by atoms with Crippen molar-refractivity contribution in [2.75, 3.05) is 0 Å². The molecule has 0 radical (unpaired) electrons. The average Bonchev–Trinajstić information content (AvgIpc) is 2.38. The summed E-state index contributed by atoms with van der Waals surface area (Å²) in [7, 11) is 0. The van der Waals surface area contributed by atoms with Gasteiger partial charge in [0.15, 0.2) is 0 Å². The molecule has 2 aromatic carbocycles. The van der Waals surface area contributed by atoms with Gasteiger partial charge < -0.3 is 5.11 Å². The predicted molar refractivity (Wildman–Crippen MR) is 75.6 cm³/mol. The molecule has 0 saturated heterocycles. The Kier molecular flexibility index (Phi) is 4.85. The molecule has 0 bridgehead atoms. The summed E-state index contributed by atoms with van der Waals surface area (Å²) in [6, 6.07) is 11.4. The molecule has 0 spiro atoms. The van der Waals surface area contributed by atoms with E-state index in [2.05, 4.69) is 6.92 Å². The summed E-state index contributed by atoms with van der Waals surface area (Å²) in [6.07, 6.45) is 1.04. The molecule has 1 atom stereocenters. The highest BCUT2D eigenvalue weighted by Gasteiger charge is 2.09. The largest absolute Gasteiger partial charge is 0.392 e. The lowest BCUT2D eigenvalue weighted by Gasteiger charge is -2.11. The molecule has 106 valence electrons. The Balaban J connectivity index is 1.98. The number of hydrogen-bond acceptors (Lipinski definition) is 1. The molecular formula is C17H18F2O. The van der Waals surface area contributed by atoms with Gasteiger partial charge in [-0.05, 0) is 48.1 Å². The van der Waals surface area contributed by atoms with Crippen LogP contribution in [0.15, 0.2) is 42.5 Å². The number of halogens is 2. The minimum atomic E-state index is -0.649. The maximum atomic E-state index is 13.1. The summed E-state index contributed by atoms with van der Waals surface area (Å²) in [6.45, 7) is 2.09. The van der Waals surface area contributed by atoms with Gasteiger partial charge in [-0.3, -0.25) is 0 Å². The Morgan fingerprint density at radius 2 is 1.35 bits per heavy atom. The normalized spacial score (nSPS) is 12.4. The number of rotatable bonds is 5. The summed E-state index contributed by atoms with van der Waals surface area (Å²) < 4.78 is 26.1. The van der Waals surface area contributed by atoms with Crippen molar-refractivity contribution in [2.45, 2.75) is 32.3 Å². The molecule has 2 aromatic rings. The molecule has 0 aliphatic rings. The second-order valence-corrected chi connectivity index (χ2v) is 5.01. The molecule has 1 nitrogen and oxygen atoms in total. The molecule has 0 aromatic heterocycles. The summed E-state index contributed by atoms with van der Waals surface area (Å²) >= 11 is 0. The lowest BCUT2D eigenvalue weighted by Crippen LogP contribution is -2.14. The van der Waals surface area contributed by atoms with E-state index >= 15 is 0 Å². The highest BCUT2D eigenvalue weighted by Crippen LogP contribution is 2.13. The smallest absolute Gasteiger partial charge is 0.126 e. The minimum Gasteiger partial charge on any atom is -0.392 e. The van der Waals surface area contributed by atoms with Gasteiger partial charge in [-0.1, -0.05) is 31.2 Å². The number of aryl methyl sites for hydroxylation is 1. The number of aliphatic hydroxyl groups is 1. The van der Waals surface area contributed by atoms with Crippen molar-refractivity contribution in [1.29, 1.82) is 0 Å². The minimum absolute atomic E-state index is 0.240. The van der Waals surface area contributed by atoms with Crippen molar-refractivity contribution in [3.05, 3.63) is 70.8 Å². The van der Waals surface area contributed by atoms with Crippen LogP contribution in [0.2, 0.25) is 0 Å². The molecular weight excluding hydrogens is 258 g/mol. The van der Waals surface area contributed by atoms with Crippen LogP contribution in [0.25, 0.3) is 0 Å². The third-order valence-corrected chi connectivity index (χ3v) is 3.30. The highest BCUT2D eigenvalue weighted by atomic mass is 19.1. The van der Waals surface area contributed by atoms with Crippen molar-refractivity contribution >= 4 is 0 Å². The summed E-state index contributed by atoms with van der Waals surface area (Å²) in [5, 5.41) is 10.0. The quantitative estimate of drug-likeness (QED) is 0.883. The van der Waals surface area contributed by atoms with Crippen LogP contribution in [0.5, 0.6) is 0 Å². The van der Waals surface area contributed by atoms with E-state index in [0.29, 0.717) is 12.0 Å². The van der Waals surface area contributed by atoms with Gasteiger partial charge >= 0.3 is 0 Å². The zero-order valence-electron chi connectivity index (χ0n) is 11.4. The third-order valence-electron chi connectivity index (χ3n) is 3.30.